The topological polar surface area (TPSA) is 47.3 Å². The fourth-order valence-corrected chi connectivity index (χ4v) is 2.28. The Hall–Kier alpha value is -1.81. The zero-order valence-electron chi connectivity index (χ0n) is 12.7. The van der Waals surface area contributed by atoms with Crippen molar-refractivity contribution in [2.75, 3.05) is 7.11 Å². The second kappa shape index (κ2) is 5.67. The Kier molecular flexibility index (Phi) is 4.14. The van der Waals surface area contributed by atoms with Gasteiger partial charge in [0.15, 0.2) is 5.75 Å². The van der Waals surface area contributed by atoms with E-state index in [2.05, 4.69) is 12.0 Å². The number of aliphatic hydroxyl groups excluding tert-OH is 1. The maximum Gasteiger partial charge on any atom is 0.163 e. The maximum atomic E-state index is 10.7. The molecule has 20 heavy (non-hydrogen) atoms. The molecule has 2 rings (SSSR count). The summed E-state index contributed by atoms with van der Waals surface area (Å²) in [6, 6.07) is 6.15. The average Bonchev–Trinajstić information content (AvgIpc) is 2.85. The van der Waals surface area contributed by atoms with Gasteiger partial charge in [-0.05, 0) is 44.4 Å². The lowest BCUT2D eigenvalue weighted by Gasteiger charge is -2.18. The van der Waals surface area contributed by atoms with E-state index in [1.54, 1.807) is 18.0 Å². The van der Waals surface area contributed by atoms with Gasteiger partial charge in [0.1, 0.15) is 11.8 Å². The van der Waals surface area contributed by atoms with Crippen molar-refractivity contribution in [1.29, 1.82) is 0 Å². The van der Waals surface area contributed by atoms with E-state index in [1.165, 1.54) is 5.56 Å². The van der Waals surface area contributed by atoms with Crippen LogP contribution >= 0.6 is 0 Å². The molecule has 2 aromatic rings. The Morgan fingerprint density at radius 3 is 2.45 bits per heavy atom. The molecule has 0 aliphatic carbocycles. The second-order valence-electron chi connectivity index (χ2n) is 5.38. The van der Waals surface area contributed by atoms with Gasteiger partial charge in [0.2, 0.25) is 0 Å². The quantitative estimate of drug-likeness (QED) is 0.931. The summed E-state index contributed by atoms with van der Waals surface area (Å²) in [7, 11) is 1.60. The summed E-state index contributed by atoms with van der Waals surface area (Å²) in [5, 5.41) is 15.0. The first-order valence-corrected chi connectivity index (χ1v) is 6.82. The minimum Gasteiger partial charge on any atom is -0.493 e. The largest absolute Gasteiger partial charge is 0.493 e. The van der Waals surface area contributed by atoms with Crippen molar-refractivity contribution in [2.45, 2.75) is 39.8 Å². The summed E-state index contributed by atoms with van der Waals surface area (Å²) in [4.78, 5) is 0. The highest BCUT2D eigenvalue weighted by atomic mass is 16.5. The van der Waals surface area contributed by atoms with Crippen LogP contribution in [0.25, 0.3) is 0 Å². The lowest BCUT2D eigenvalue weighted by Crippen LogP contribution is -2.13. The normalized spacial score (nSPS) is 12.8. The predicted octanol–water partition coefficient (Wildman–Crippen LogP) is 3.17. The highest BCUT2D eigenvalue weighted by Gasteiger charge is 2.23. The van der Waals surface area contributed by atoms with E-state index in [4.69, 9.17) is 4.74 Å². The summed E-state index contributed by atoms with van der Waals surface area (Å²) in [6.45, 7) is 8.17. The van der Waals surface area contributed by atoms with Crippen LogP contribution in [-0.2, 0) is 0 Å². The summed E-state index contributed by atoms with van der Waals surface area (Å²) in [5.74, 6) is 0.615. The molecule has 4 heteroatoms. The van der Waals surface area contributed by atoms with Gasteiger partial charge in [-0.15, -0.1) is 0 Å². The molecule has 1 atom stereocenters. The molecule has 1 aromatic heterocycles. The molecular weight excluding hydrogens is 252 g/mol. The first-order chi connectivity index (χ1) is 9.45. The molecule has 1 N–H and O–H groups in total. The van der Waals surface area contributed by atoms with Crippen molar-refractivity contribution in [3.05, 3.63) is 46.8 Å². The first-order valence-electron chi connectivity index (χ1n) is 6.82. The molecule has 0 aliphatic rings. The number of ether oxygens (including phenoxy) is 1. The lowest BCUT2D eigenvalue weighted by atomic mass is 10.0. The standard InChI is InChI=1S/C16H22N2O2/c1-10(2)18-15(14(20-5)9-17-18)16(19)13-7-6-11(3)12(4)8-13/h6-10,16,19H,1-5H3. The number of benzene rings is 1. The number of aryl methyl sites for hydroxylation is 2. The van der Waals surface area contributed by atoms with Crippen molar-refractivity contribution in [3.63, 3.8) is 0 Å². The van der Waals surface area contributed by atoms with E-state index >= 15 is 0 Å². The first kappa shape index (κ1) is 14.6. The van der Waals surface area contributed by atoms with Crippen molar-refractivity contribution in [3.8, 4) is 5.75 Å². The van der Waals surface area contributed by atoms with Gasteiger partial charge in [0, 0.05) is 6.04 Å². The van der Waals surface area contributed by atoms with Gasteiger partial charge < -0.3 is 9.84 Å². The SMILES string of the molecule is COc1cnn(C(C)C)c1C(O)c1ccc(C)c(C)c1. The smallest absolute Gasteiger partial charge is 0.163 e. The number of rotatable bonds is 4. The zero-order chi connectivity index (χ0) is 14.9. The number of hydrogen-bond donors (Lipinski definition) is 1. The number of hydrogen-bond acceptors (Lipinski definition) is 3. The molecular formula is C16H22N2O2. The molecule has 0 amide bonds. The molecule has 108 valence electrons. The molecule has 0 fully saturated rings. The van der Waals surface area contributed by atoms with Crippen LogP contribution in [0.2, 0.25) is 0 Å². The van der Waals surface area contributed by atoms with Gasteiger partial charge in [-0.3, -0.25) is 4.68 Å². The minimum atomic E-state index is -0.742. The molecule has 0 aliphatic heterocycles. The Labute approximate surface area is 120 Å². The molecule has 0 saturated heterocycles. The average molecular weight is 274 g/mol. The summed E-state index contributed by atoms with van der Waals surface area (Å²) < 4.78 is 7.13. The Balaban J connectivity index is 2.49. The van der Waals surface area contributed by atoms with E-state index in [0.29, 0.717) is 11.4 Å². The van der Waals surface area contributed by atoms with Gasteiger partial charge >= 0.3 is 0 Å². The third-order valence-corrected chi connectivity index (χ3v) is 3.61. The zero-order valence-corrected chi connectivity index (χ0v) is 12.7. The van der Waals surface area contributed by atoms with Crippen LogP contribution in [0.3, 0.4) is 0 Å². The van der Waals surface area contributed by atoms with Gasteiger partial charge in [-0.2, -0.15) is 5.10 Å². The number of nitrogens with zero attached hydrogens (tertiary/aromatic N) is 2. The molecule has 0 spiro atoms. The number of aromatic nitrogens is 2. The van der Waals surface area contributed by atoms with Crippen LogP contribution in [-0.4, -0.2) is 22.0 Å². The van der Waals surface area contributed by atoms with E-state index in [9.17, 15) is 5.11 Å². The van der Waals surface area contributed by atoms with Gasteiger partial charge in [-0.25, -0.2) is 0 Å². The maximum absolute atomic E-state index is 10.7. The minimum absolute atomic E-state index is 0.162. The Morgan fingerprint density at radius 1 is 1.20 bits per heavy atom. The van der Waals surface area contributed by atoms with Crippen molar-refractivity contribution < 1.29 is 9.84 Å². The predicted molar refractivity (Wildman–Crippen MR) is 79.1 cm³/mol. The number of aliphatic hydroxyl groups is 1. The fourth-order valence-electron chi connectivity index (χ4n) is 2.28. The summed E-state index contributed by atoms with van der Waals surface area (Å²) in [5.41, 5.74) is 3.93. The fraction of sp³-hybridized carbons (Fsp3) is 0.438. The molecule has 0 saturated carbocycles. The molecule has 1 heterocycles. The van der Waals surface area contributed by atoms with Crippen LogP contribution in [0.1, 0.15) is 48.4 Å². The highest BCUT2D eigenvalue weighted by molar-refractivity contribution is 5.38. The third kappa shape index (κ3) is 2.56. The van der Waals surface area contributed by atoms with Crippen LogP contribution in [0.15, 0.2) is 24.4 Å². The highest BCUT2D eigenvalue weighted by Crippen LogP contribution is 2.32. The lowest BCUT2D eigenvalue weighted by molar-refractivity contribution is 0.199. The third-order valence-electron chi connectivity index (χ3n) is 3.61. The van der Waals surface area contributed by atoms with Gasteiger partial charge in [0.05, 0.1) is 13.3 Å². The second-order valence-corrected chi connectivity index (χ2v) is 5.38. The van der Waals surface area contributed by atoms with Gasteiger partial charge in [0.25, 0.3) is 0 Å². The van der Waals surface area contributed by atoms with Crippen molar-refractivity contribution >= 4 is 0 Å². The summed E-state index contributed by atoms with van der Waals surface area (Å²) >= 11 is 0. The van der Waals surface area contributed by atoms with E-state index in [0.717, 1.165) is 11.1 Å². The molecule has 1 unspecified atom stereocenters. The monoisotopic (exact) mass is 274 g/mol. The van der Waals surface area contributed by atoms with Crippen molar-refractivity contribution in [2.24, 2.45) is 0 Å². The van der Waals surface area contributed by atoms with Crippen LogP contribution in [0.4, 0.5) is 0 Å². The number of methoxy groups -OCH3 is 1. The van der Waals surface area contributed by atoms with E-state index in [1.807, 2.05) is 39.0 Å². The van der Waals surface area contributed by atoms with Crippen LogP contribution < -0.4 is 4.74 Å². The molecule has 0 radical (unpaired) electrons. The van der Waals surface area contributed by atoms with Crippen LogP contribution in [0.5, 0.6) is 5.75 Å². The van der Waals surface area contributed by atoms with Crippen LogP contribution in [0, 0.1) is 13.8 Å². The summed E-state index contributed by atoms with van der Waals surface area (Å²) in [6.07, 6.45) is 0.911. The molecule has 1 aromatic carbocycles. The van der Waals surface area contributed by atoms with E-state index < -0.39 is 6.10 Å². The molecule has 4 nitrogen and oxygen atoms in total. The van der Waals surface area contributed by atoms with Gasteiger partial charge in [-0.1, -0.05) is 18.2 Å². The Morgan fingerprint density at radius 2 is 1.90 bits per heavy atom. The van der Waals surface area contributed by atoms with E-state index in [-0.39, 0.29) is 6.04 Å². The molecule has 0 bridgehead atoms. The Bertz CT molecular complexity index is 603. The van der Waals surface area contributed by atoms with Crippen molar-refractivity contribution in [1.82, 2.24) is 9.78 Å².